The van der Waals surface area contributed by atoms with Gasteiger partial charge < -0.3 is 11.1 Å². The Hall–Kier alpha value is -1.02. The van der Waals surface area contributed by atoms with Crippen LogP contribution in [0, 0.1) is 0 Å². The Bertz CT molecular complexity index is 567. The Morgan fingerprint density at radius 2 is 2.00 bits per heavy atom. The van der Waals surface area contributed by atoms with Gasteiger partial charge in [0.05, 0.1) is 17.3 Å². The van der Waals surface area contributed by atoms with Gasteiger partial charge in [-0.25, -0.2) is 13.1 Å². The molecule has 0 radical (unpaired) electrons. The molecule has 0 fully saturated rings. The topological polar surface area (TPSA) is 101 Å². The Kier molecular flexibility index (Phi) is 5.42. The first-order valence-corrected chi connectivity index (χ1v) is 7.52. The number of nitrogens with one attached hydrogen (secondary N) is 2. The maximum atomic E-state index is 12.0. The number of likely N-dealkylation sites (N-methyl/N-ethyl adjacent to an activating group) is 1. The molecule has 0 aliphatic carbocycles. The summed E-state index contributed by atoms with van der Waals surface area (Å²) in [5, 5.41) is 2.58. The van der Waals surface area contributed by atoms with Gasteiger partial charge in [0.15, 0.2) is 0 Å². The lowest BCUT2D eigenvalue weighted by atomic mass is 10.3. The molecule has 0 saturated carbocycles. The summed E-state index contributed by atoms with van der Waals surface area (Å²) >= 11 is 11.5. The van der Waals surface area contributed by atoms with Crippen LogP contribution in [-0.4, -0.2) is 27.4 Å². The van der Waals surface area contributed by atoms with E-state index < -0.39 is 22.5 Å². The normalized spacial score (nSPS) is 11.3. The van der Waals surface area contributed by atoms with E-state index in [0.29, 0.717) is 6.54 Å². The summed E-state index contributed by atoms with van der Waals surface area (Å²) < 4.78 is 26.1. The molecule has 6 nitrogen and oxygen atoms in total. The average Bonchev–Trinajstić information content (AvgIpc) is 2.25. The number of carbonyl (C=O) groups is 1. The number of nitrogen functional groups attached to an aromatic ring is 1. The van der Waals surface area contributed by atoms with Crippen LogP contribution in [0.5, 0.6) is 0 Å². The van der Waals surface area contributed by atoms with Crippen LogP contribution in [0.25, 0.3) is 0 Å². The molecule has 0 aliphatic heterocycles. The lowest BCUT2D eigenvalue weighted by molar-refractivity contribution is -0.119. The van der Waals surface area contributed by atoms with Crippen molar-refractivity contribution in [3.8, 4) is 0 Å². The maximum absolute atomic E-state index is 12.0. The van der Waals surface area contributed by atoms with Gasteiger partial charge in [-0.3, -0.25) is 4.79 Å². The van der Waals surface area contributed by atoms with Gasteiger partial charge in [-0.15, -0.1) is 0 Å². The van der Waals surface area contributed by atoms with E-state index >= 15 is 0 Å². The van der Waals surface area contributed by atoms with Crippen LogP contribution in [0.1, 0.15) is 6.92 Å². The predicted molar refractivity (Wildman–Crippen MR) is 74.7 cm³/mol. The van der Waals surface area contributed by atoms with Crippen LogP contribution in [-0.2, 0) is 14.8 Å². The number of hydrogen-bond donors (Lipinski definition) is 3. The van der Waals surface area contributed by atoms with E-state index in [1.807, 2.05) is 0 Å². The number of benzene rings is 1. The van der Waals surface area contributed by atoms with Crippen LogP contribution in [0.3, 0.4) is 0 Å². The minimum atomic E-state index is -3.98. The van der Waals surface area contributed by atoms with Gasteiger partial charge in [0.2, 0.25) is 15.9 Å². The molecule has 1 amide bonds. The second-order valence-corrected chi connectivity index (χ2v) is 6.13. The first-order valence-electron chi connectivity index (χ1n) is 5.28. The molecule has 0 atom stereocenters. The standard InChI is InChI=1S/C10H13Cl2N3O3S/c1-2-14-9(16)5-15-19(17,18)10-7(12)3-6(11)4-8(10)13/h3-4,15H,2,5,13H2,1H3,(H,14,16). The predicted octanol–water partition coefficient (Wildman–Crippen LogP) is 0.990. The van der Waals surface area contributed by atoms with Gasteiger partial charge >= 0.3 is 0 Å². The zero-order valence-corrected chi connectivity index (χ0v) is 12.4. The lowest BCUT2D eigenvalue weighted by Crippen LogP contribution is -2.37. The molecular weight excluding hydrogens is 313 g/mol. The number of rotatable bonds is 5. The Balaban J connectivity index is 2.98. The van der Waals surface area contributed by atoms with E-state index in [0.717, 1.165) is 0 Å². The highest BCUT2D eigenvalue weighted by Gasteiger charge is 2.22. The Morgan fingerprint density at radius 1 is 1.37 bits per heavy atom. The average molecular weight is 326 g/mol. The summed E-state index contributed by atoms with van der Waals surface area (Å²) in [6.45, 7) is 1.74. The molecule has 0 spiro atoms. The highest BCUT2D eigenvalue weighted by atomic mass is 35.5. The molecule has 9 heteroatoms. The number of carbonyl (C=O) groups excluding carboxylic acids is 1. The lowest BCUT2D eigenvalue weighted by Gasteiger charge is -2.11. The molecule has 4 N–H and O–H groups in total. The van der Waals surface area contributed by atoms with Gasteiger partial charge in [0.1, 0.15) is 4.90 Å². The first-order chi connectivity index (χ1) is 8.77. The second kappa shape index (κ2) is 6.42. The second-order valence-electron chi connectivity index (χ2n) is 3.58. The number of halogens is 2. The van der Waals surface area contributed by atoms with E-state index in [2.05, 4.69) is 10.0 Å². The van der Waals surface area contributed by atoms with E-state index in [4.69, 9.17) is 28.9 Å². The van der Waals surface area contributed by atoms with E-state index in [1.165, 1.54) is 12.1 Å². The zero-order valence-electron chi connectivity index (χ0n) is 10.0. The van der Waals surface area contributed by atoms with Gasteiger partial charge in [-0.2, -0.15) is 0 Å². The highest BCUT2D eigenvalue weighted by molar-refractivity contribution is 7.89. The Morgan fingerprint density at radius 3 is 2.53 bits per heavy atom. The molecule has 106 valence electrons. The van der Waals surface area contributed by atoms with Gasteiger partial charge in [-0.1, -0.05) is 23.2 Å². The third kappa shape index (κ3) is 4.24. The molecule has 0 aromatic heterocycles. The summed E-state index contributed by atoms with van der Waals surface area (Å²) in [7, 11) is -3.98. The smallest absolute Gasteiger partial charge is 0.244 e. The number of hydrogen-bond acceptors (Lipinski definition) is 4. The monoisotopic (exact) mass is 325 g/mol. The summed E-state index contributed by atoms with van der Waals surface area (Å²) in [5.74, 6) is -0.449. The fourth-order valence-corrected chi connectivity index (χ4v) is 3.32. The van der Waals surface area contributed by atoms with Crippen molar-refractivity contribution in [1.82, 2.24) is 10.0 Å². The van der Waals surface area contributed by atoms with Crippen molar-refractivity contribution in [3.63, 3.8) is 0 Å². The third-order valence-electron chi connectivity index (χ3n) is 2.10. The fraction of sp³-hybridized carbons (Fsp3) is 0.300. The number of anilines is 1. The SMILES string of the molecule is CCNC(=O)CNS(=O)(=O)c1c(N)cc(Cl)cc1Cl. The van der Waals surface area contributed by atoms with Crippen molar-refractivity contribution in [3.05, 3.63) is 22.2 Å². The summed E-state index contributed by atoms with van der Waals surface area (Å²) in [6.07, 6.45) is 0. The van der Waals surface area contributed by atoms with Gasteiger partial charge in [0, 0.05) is 11.6 Å². The molecule has 1 aromatic carbocycles. The van der Waals surface area contributed by atoms with Crippen LogP contribution in [0.2, 0.25) is 10.0 Å². The molecule has 0 unspecified atom stereocenters. The third-order valence-corrected chi connectivity index (χ3v) is 4.25. The molecule has 0 heterocycles. The van der Waals surface area contributed by atoms with Crippen LogP contribution in [0.4, 0.5) is 5.69 Å². The van der Waals surface area contributed by atoms with Crippen molar-refractivity contribution in [2.75, 3.05) is 18.8 Å². The molecule has 1 rings (SSSR count). The van der Waals surface area contributed by atoms with E-state index in [1.54, 1.807) is 6.92 Å². The summed E-state index contributed by atoms with van der Waals surface area (Å²) in [5.41, 5.74) is 5.50. The molecule has 0 aliphatic rings. The molecular formula is C10H13Cl2N3O3S. The van der Waals surface area contributed by atoms with Gasteiger partial charge in [0.25, 0.3) is 0 Å². The van der Waals surface area contributed by atoms with E-state index in [9.17, 15) is 13.2 Å². The fourth-order valence-electron chi connectivity index (χ4n) is 1.36. The van der Waals surface area contributed by atoms with Crippen LogP contribution >= 0.6 is 23.2 Å². The van der Waals surface area contributed by atoms with Crippen molar-refractivity contribution in [2.45, 2.75) is 11.8 Å². The number of amides is 1. The summed E-state index contributed by atoms with van der Waals surface area (Å²) in [4.78, 5) is 10.9. The molecule has 19 heavy (non-hydrogen) atoms. The van der Waals surface area contributed by atoms with Crippen LogP contribution < -0.4 is 15.8 Å². The quantitative estimate of drug-likeness (QED) is 0.702. The first kappa shape index (κ1) is 16.0. The minimum absolute atomic E-state index is 0.0825. The molecule has 0 saturated heterocycles. The number of nitrogens with two attached hydrogens (primary N) is 1. The largest absolute Gasteiger partial charge is 0.398 e. The highest BCUT2D eigenvalue weighted by Crippen LogP contribution is 2.30. The minimum Gasteiger partial charge on any atom is -0.398 e. The number of sulfonamides is 1. The summed E-state index contributed by atoms with van der Waals surface area (Å²) in [6, 6.07) is 2.54. The maximum Gasteiger partial charge on any atom is 0.244 e. The van der Waals surface area contributed by atoms with Crippen molar-refractivity contribution in [2.24, 2.45) is 0 Å². The molecule has 0 bridgehead atoms. The van der Waals surface area contributed by atoms with Crippen LogP contribution in [0.15, 0.2) is 17.0 Å². The van der Waals surface area contributed by atoms with Crippen molar-refractivity contribution < 1.29 is 13.2 Å². The zero-order chi connectivity index (χ0) is 14.6. The van der Waals surface area contributed by atoms with Crippen molar-refractivity contribution >= 4 is 44.8 Å². The Labute approximate surface area is 121 Å². The van der Waals surface area contributed by atoms with Gasteiger partial charge in [-0.05, 0) is 19.1 Å². The van der Waals surface area contributed by atoms with E-state index in [-0.39, 0.29) is 20.6 Å². The molecule has 1 aromatic rings. The van der Waals surface area contributed by atoms with Crippen molar-refractivity contribution in [1.29, 1.82) is 0 Å².